The highest BCUT2D eigenvalue weighted by molar-refractivity contribution is 14.0. The van der Waals surface area contributed by atoms with Crippen molar-refractivity contribution in [2.75, 3.05) is 66.7 Å². The number of nitrogens with zero attached hydrogens (tertiary/aromatic N) is 3. The lowest BCUT2D eigenvalue weighted by Gasteiger charge is -2.36. The van der Waals surface area contributed by atoms with Crippen LogP contribution in [-0.4, -0.2) is 82.5 Å². The van der Waals surface area contributed by atoms with Crippen LogP contribution in [0.1, 0.15) is 5.56 Å². The number of ether oxygens (including phenoxy) is 2. The lowest BCUT2D eigenvalue weighted by Crippen LogP contribution is -2.52. The van der Waals surface area contributed by atoms with Gasteiger partial charge in [-0.3, -0.25) is 9.89 Å². The standard InChI is InChI=1S/C18H30N4O2.HI/c1-19-18(20-8-13-24-15-14-23-2)22-11-9-21(10-12-22)16-17-6-4-3-5-7-17;/h3-7H,8-16H2,1-2H3,(H,19,20);1H. The number of guanidine groups is 1. The van der Waals surface area contributed by atoms with E-state index in [2.05, 4.69) is 50.4 Å². The van der Waals surface area contributed by atoms with E-state index in [1.54, 1.807) is 7.11 Å². The van der Waals surface area contributed by atoms with Gasteiger partial charge in [0.1, 0.15) is 0 Å². The lowest BCUT2D eigenvalue weighted by atomic mass is 10.2. The van der Waals surface area contributed by atoms with Crippen LogP contribution in [0.25, 0.3) is 0 Å². The average molecular weight is 462 g/mol. The second-order valence-corrected chi connectivity index (χ2v) is 5.83. The van der Waals surface area contributed by atoms with E-state index in [0.717, 1.165) is 45.2 Å². The van der Waals surface area contributed by atoms with E-state index >= 15 is 0 Å². The van der Waals surface area contributed by atoms with Crippen LogP contribution in [0.5, 0.6) is 0 Å². The average Bonchev–Trinajstić information content (AvgIpc) is 2.63. The van der Waals surface area contributed by atoms with Gasteiger partial charge < -0.3 is 19.7 Å². The number of hydrogen-bond donors (Lipinski definition) is 1. The Morgan fingerprint density at radius 1 is 1.08 bits per heavy atom. The van der Waals surface area contributed by atoms with Gasteiger partial charge in [0.2, 0.25) is 0 Å². The molecule has 0 unspecified atom stereocenters. The molecule has 0 radical (unpaired) electrons. The van der Waals surface area contributed by atoms with Gasteiger partial charge in [0.25, 0.3) is 0 Å². The number of benzene rings is 1. The summed E-state index contributed by atoms with van der Waals surface area (Å²) in [5, 5.41) is 3.37. The molecule has 0 atom stereocenters. The smallest absolute Gasteiger partial charge is 0.193 e. The predicted octanol–water partition coefficient (Wildman–Crippen LogP) is 1.66. The molecule has 1 saturated heterocycles. The summed E-state index contributed by atoms with van der Waals surface area (Å²) in [7, 11) is 3.52. The molecule has 0 aliphatic carbocycles. The monoisotopic (exact) mass is 462 g/mol. The number of halogens is 1. The third-order valence-electron chi connectivity index (χ3n) is 4.09. The molecule has 1 aliphatic heterocycles. The Hall–Kier alpha value is -0.900. The van der Waals surface area contributed by atoms with Crippen LogP contribution < -0.4 is 5.32 Å². The molecule has 0 saturated carbocycles. The fourth-order valence-electron chi connectivity index (χ4n) is 2.77. The maximum atomic E-state index is 5.47. The van der Waals surface area contributed by atoms with E-state index < -0.39 is 0 Å². The summed E-state index contributed by atoms with van der Waals surface area (Å²) >= 11 is 0. The number of methoxy groups -OCH3 is 1. The first-order valence-electron chi connectivity index (χ1n) is 8.62. The summed E-state index contributed by atoms with van der Waals surface area (Å²) in [5.74, 6) is 0.963. The molecule has 1 aromatic rings. The quantitative estimate of drug-likeness (QED) is 0.276. The molecule has 7 heteroatoms. The van der Waals surface area contributed by atoms with E-state index in [9.17, 15) is 0 Å². The van der Waals surface area contributed by atoms with Crippen molar-refractivity contribution in [1.82, 2.24) is 15.1 Å². The zero-order chi connectivity index (χ0) is 17.0. The summed E-state index contributed by atoms with van der Waals surface area (Å²) < 4.78 is 10.4. The largest absolute Gasteiger partial charge is 0.382 e. The van der Waals surface area contributed by atoms with Gasteiger partial charge in [-0.05, 0) is 5.56 Å². The van der Waals surface area contributed by atoms with E-state index in [-0.39, 0.29) is 24.0 Å². The molecule has 2 rings (SSSR count). The lowest BCUT2D eigenvalue weighted by molar-refractivity contribution is 0.0729. The molecule has 0 amide bonds. The number of nitrogens with one attached hydrogen (secondary N) is 1. The Morgan fingerprint density at radius 2 is 1.80 bits per heavy atom. The molecule has 1 aromatic carbocycles. The van der Waals surface area contributed by atoms with Gasteiger partial charge in [0, 0.05) is 53.4 Å². The highest BCUT2D eigenvalue weighted by atomic mass is 127. The molecular formula is C18H31IN4O2. The van der Waals surface area contributed by atoms with Crippen LogP contribution in [0.3, 0.4) is 0 Å². The van der Waals surface area contributed by atoms with Gasteiger partial charge in [-0.15, -0.1) is 24.0 Å². The van der Waals surface area contributed by atoms with Gasteiger partial charge in [-0.25, -0.2) is 0 Å². The molecule has 6 nitrogen and oxygen atoms in total. The van der Waals surface area contributed by atoms with Gasteiger partial charge >= 0.3 is 0 Å². The van der Waals surface area contributed by atoms with Crippen molar-refractivity contribution < 1.29 is 9.47 Å². The first-order valence-corrected chi connectivity index (χ1v) is 8.62. The SMILES string of the molecule is CN=C(NCCOCCOC)N1CCN(Cc2ccccc2)CC1.I. The molecule has 1 N–H and O–H groups in total. The topological polar surface area (TPSA) is 49.3 Å². The molecular weight excluding hydrogens is 431 g/mol. The molecule has 142 valence electrons. The Morgan fingerprint density at radius 3 is 2.44 bits per heavy atom. The minimum atomic E-state index is 0. The van der Waals surface area contributed by atoms with Gasteiger partial charge in [0.15, 0.2) is 5.96 Å². The second-order valence-electron chi connectivity index (χ2n) is 5.83. The minimum absolute atomic E-state index is 0. The highest BCUT2D eigenvalue weighted by Crippen LogP contribution is 2.08. The molecule has 0 spiro atoms. The van der Waals surface area contributed by atoms with Crippen molar-refractivity contribution in [3.05, 3.63) is 35.9 Å². The van der Waals surface area contributed by atoms with Crippen LogP contribution in [0.2, 0.25) is 0 Å². The van der Waals surface area contributed by atoms with Crippen molar-refractivity contribution in [1.29, 1.82) is 0 Å². The van der Waals surface area contributed by atoms with Gasteiger partial charge in [-0.2, -0.15) is 0 Å². The number of aliphatic imine (C=N–C) groups is 1. The number of rotatable bonds is 8. The van der Waals surface area contributed by atoms with Gasteiger partial charge in [-0.1, -0.05) is 30.3 Å². The van der Waals surface area contributed by atoms with Crippen molar-refractivity contribution in [2.24, 2.45) is 4.99 Å². The molecule has 0 bridgehead atoms. The number of piperazine rings is 1. The second kappa shape index (κ2) is 13.3. The Labute approximate surface area is 168 Å². The first-order chi connectivity index (χ1) is 11.8. The predicted molar refractivity (Wildman–Crippen MR) is 113 cm³/mol. The van der Waals surface area contributed by atoms with Gasteiger partial charge in [0.05, 0.1) is 19.8 Å². The van der Waals surface area contributed by atoms with Crippen molar-refractivity contribution in [3.8, 4) is 0 Å². The summed E-state index contributed by atoms with van der Waals surface area (Å²) in [6, 6.07) is 10.7. The molecule has 25 heavy (non-hydrogen) atoms. The Bertz CT molecular complexity index is 479. The Balaban J connectivity index is 0.00000312. The fraction of sp³-hybridized carbons (Fsp3) is 0.611. The third-order valence-corrected chi connectivity index (χ3v) is 4.09. The van der Waals surface area contributed by atoms with Crippen molar-refractivity contribution in [3.63, 3.8) is 0 Å². The zero-order valence-electron chi connectivity index (χ0n) is 15.3. The van der Waals surface area contributed by atoms with Crippen molar-refractivity contribution in [2.45, 2.75) is 6.54 Å². The maximum Gasteiger partial charge on any atom is 0.193 e. The first kappa shape index (κ1) is 22.1. The summed E-state index contributed by atoms with van der Waals surface area (Å²) in [4.78, 5) is 9.20. The highest BCUT2D eigenvalue weighted by Gasteiger charge is 2.19. The Kier molecular flexibility index (Phi) is 11.8. The van der Waals surface area contributed by atoms with E-state index in [4.69, 9.17) is 9.47 Å². The molecule has 1 aliphatic rings. The zero-order valence-corrected chi connectivity index (χ0v) is 17.6. The third kappa shape index (κ3) is 8.35. The van der Waals surface area contributed by atoms with E-state index in [1.165, 1.54) is 5.56 Å². The van der Waals surface area contributed by atoms with Crippen LogP contribution >= 0.6 is 24.0 Å². The molecule has 1 heterocycles. The van der Waals surface area contributed by atoms with Crippen LogP contribution in [0.15, 0.2) is 35.3 Å². The number of hydrogen-bond acceptors (Lipinski definition) is 4. The van der Waals surface area contributed by atoms with Crippen molar-refractivity contribution >= 4 is 29.9 Å². The van der Waals surface area contributed by atoms with Crippen LogP contribution in [-0.2, 0) is 16.0 Å². The minimum Gasteiger partial charge on any atom is -0.382 e. The summed E-state index contributed by atoms with van der Waals surface area (Å²) in [5.41, 5.74) is 1.38. The normalized spacial score (nSPS) is 15.8. The summed E-state index contributed by atoms with van der Waals surface area (Å²) in [6.07, 6.45) is 0. The van der Waals surface area contributed by atoms with Crippen LogP contribution in [0, 0.1) is 0 Å². The summed E-state index contributed by atoms with van der Waals surface area (Å²) in [6.45, 7) is 7.83. The molecule has 1 fully saturated rings. The van der Waals surface area contributed by atoms with E-state index in [0.29, 0.717) is 19.8 Å². The van der Waals surface area contributed by atoms with Crippen LogP contribution in [0.4, 0.5) is 0 Å². The van der Waals surface area contributed by atoms with E-state index in [1.807, 2.05) is 7.05 Å². The maximum absolute atomic E-state index is 5.47. The fourth-order valence-corrected chi connectivity index (χ4v) is 2.77. The molecule has 0 aromatic heterocycles.